The first-order valence-electron chi connectivity index (χ1n) is 6.09. The number of nitrogens with one attached hydrogen (secondary N) is 2. The summed E-state index contributed by atoms with van der Waals surface area (Å²) in [5.41, 5.74) is 1.28. The van der Waals surface area contributed by atoms with E-state index >= 15 is 0 Å². The van der Waals surface area contributed by atoms with Crippen LogP contribution >= 0.6 is 0 Å². The molecule has 0 bridgehead atoms. The molecule has 6 heteroatoms. The second-order valence-corrected chi connectivity index (χ2v) is 5.80. The van der Waals surface area contributed by atoms with Gasteiger partial charge >= 0.3 is 0 Å². The van der Waals surface area contributed by atoms with Crippen LogP contribution in [0.5, 0.6) is 0 Å². The Morgan fingerprint density at radius 2 is 1.95 bits per heavy atom. The third-order valence-electron chi connectivity index (χ3n) is 2.51. The molecule has 1 fully saturated rings. The van der Waals surface area contributed by atoms with Gasteiger partial charge < -0.3 is 5.11 Å². The average molecular weight is 280 g/mol. The van der Waals surface area contributed by atoms with Gasteiger partial charge in [0.2, 0.25) is 0 Å². The Kier molecular flexibility index (Phi) is 4.43. The van der Waals surface area contributed by atoms with Gasteiger partial charge in [-0.2, -0.15) is 13.1 Å². The fourth-order valence-electron chi connectivity index (χ4n) is 1.45. The molecule has 1 aliphatic rings. The topological polar surface area (TPSA) is 78.4 Å². The lowest BCUT2D eigenvalue weighted by Gasteiger charge is -2.08. The van der Waals surface area contributed by atoms with E-state index in [0.29, 0.717) is 12.1 Å². The van der Waals surface area contributed by atoms with Gasteiger partial charge in [0.1, 0.15) is 0 Å². The molecule has 1 aromatic rings. The van der Waals surface area contributed by atoms with Gasteiger partial charge in [0.25, 0.3) is 10.2 Å². The van der Waals surface area contributed by atoms with Crippen molar-refractivity contribution >= 4 is 15.9 Å². The van der Waals surface area contributed by atoms with Gasteiger partial charge in [-0.05, 0) is 37.1 Å². The molecule has 0 heterocycles. The van der Waals surface area contributed by atoms with Crippen LogP contribution < -0.4 is 9.44 Å². The van der Waals surface area contributed by atoms with E-state index in [2.05, 4.69) is 21.3 Å². The molecule has 2 rings (SSSR count). The number of anilines is 1. The molecule has 0 saturated heterocycles. The number of rotatable bonds is 5. The van der Waals surface area contributed by atoms with Crippen molar-refractivity contribution in [3.05, 3.63) is 29.8 Å². The molecule has 0 aromatic heterocycles. The maximum Gasteiger partial charge on any atom is 0.299 e. The van der Waals surface area contributed by atoms with E-state index in [9.17, 15) is 8.42 Å². The number of benzene rings is 1. The maximum absolute atomic E-state index is 11.7. The van der Waals surface area contributed by atoms with Crippen molar-refractivity contribution in [1.82, 2.24) is 4.72 Å². The largest absolute Gasteiger partial charge is 0.395 e. The summed E-state index contributed by atoms with van der Waals surface area (Å²) >= 11 is 0. The van der Waals surface area contributed by atoms with Crippen molar-refractivity contribution in [1.29, 1.82) is 0 Å². The summed E-state index contributed by atoms with van der Waals surface area (Å²) in [6, 6.07) is 6.88. The van der Waals surface area contributed by atoms with Gasteiger partial charge in [-0.3, -0.25) is 4.72 Å². The lowest BCUT2D eigenvalue weighted by atomic mass is 10.2. The molecular formula is C13H16N2O3S. The summed E-state index contributed by atoms with van der Waals surface area (Å²) in [4.78, 5) is 0. The molecule has 0 radical (unpaired) electrons. The monoisotopic (exact) mass is 280 g/mol. The summed E-state index contributed by atoms with van der Waals surface area (Å²) in [6.07, 6.45) is 2.24. The number of hydrogen-bond acceptors (Lipinski definition) is 3. The smallest absolute Gasteiger partial charge is 0.299 e. The van der Waals surface area contributed by atoms with E-state index in [4.69, 9.17) is 5.11 Å². The third-order valence-corrected chi connectivity index (χ3v) is 3.65. The Labute approximate surface area is 113 Å². The van der Waals surface area contributed by atoms with E-state index in [0.717, 1.165) is 18.4 Å². The summed E-state index contributed by atoms with van der Waals surface area (Å²) in [6.45, 7) is 0.0394. The fraction of sp³-hybridized carbons (Fsp3) is 0.385. The summed E-state index contributed by atoms with van der Waals surface area (Å²) in [5, 5.41) is 8.61. The highest BCUT2D eigenvalue weighted by atomic mass is 32.2. The lowest BCUT2D eigenvalue weighted by molar-refractivity contribution is 0.305. The summed E-state index contributed by atoms with van der Waals surface area (Å²) < 4.78 is 28.3. The minimum atomic E-state index is -3.47. The van der Waals surface area contributed by atoms with Crippen LogP contribution in [-0.2, 0) is 10.2 Å². The molecule has 102 valence electrons. The van der Waals surface area contributed by atoms with Gasteiger partial charge in [0, 0.05) is 23.7 Å². The van der Waals surface area contributed by atoms with E-state index in [1.54, 1.807) is 24.3 Å². The van der Waals surface area contributed by atoms with Crippen molar-refractivity contribution in [3.8, 4) is 11.8 Å². The van der Waals surface area contributed by atoms with Crippen LogP contribution in [0.1, 0.15) is 24.8 Å². The first-order valence-corrected chi connectivity index (χ1v) is 7.57. The molecule has 1 aromatic carbocycles. The second-order valence-electron chi connectivity index (χ2n) is 4.35. The van der Waals surface area contributed by atoms with Crippen LogP contribution in [0.4, 0.5) is 5.69 Å². The molecule has 0 spiro atoms. The predicted octanol–water partition coefficient (Wildman–Crippen LogP) is 0.829. The Morgan fingerprint density at radius 3 is 2.53 bits per heavy atom. The molecule has 0 atom stereocenters. The van der Waals surface area contributed by atoms with Crippen LogP contribution in [0.25, 0.3) is 0 Å². The van der Waals surface area contributed by atoms with Gasteiger partial charge in [-0.25, -0.2) is 0 Å². The van der Waals surface area contributed by atoms with Crippen molar-refractivity contribution in [2.45, 2.75) is 25.3 Å². The van der Waals surface area contributed by atoms with Crippen molar-refractivity contribution in [3.63, 3.8) is 0 Å². The molecule has 3 N–H and O–H groups in total. The van der Waals surface area contributed by atoms with Gasteiger partial charge in [0.15, 0.2) is 0 Å². The SMILES string of the molecule is O=S(=O)(Nc1ccc(C#CCCO)cc1)NC1CC1. The van der Waals surface area contributed by atoms with Gasteiger partial charge in [-0.1, -0.05) is 11.8 Å². The molecule has 0 aliphatic heterocycles. The molecule has 19 heavy (non-hydrogen) atoms. The van der Waals surface area contributed by atoms with Gasteiger partial charge in [0.05, 0.1) is 6.61 Å². The highest BCUT2D eigenvalue weighted by molar-refractivity contribution is 7.90. The van der Waals surface area contributed by atoms with Crippen LogP contribution in [0.2, 0.25) is 0 Å². The lowest BCUT2D eigenvalue weighted by Crippen LogP contribution is -2.31. The standard InChI is InChI=1S/C13H16N2O3S/c16-10-2-1-3-11-4-6-12(7-5-11)14-19(17,18)15-13-8-9-13/h4-7,13-16H,2,8-10H2. The zero-order chi connectivity index (χ0) is 13.7. The minimum absolute atomic E-state index is 0.0394. The van der Waals surface area contributed by atoms with Crippen molar-refractivity contribution < 1.29 is 13.5 Å². The summed E-state index contributed by atoms with van der Waals surface area (Å²) in [7, 11) is -3.47. The average Bonchev–Trinajstić information content (AvgIpc) is 3.14. The molecule has 1 saturated carbocycles. The highest BCUT2D eigenvalue weighted by Crippen LogP contribution is 2.20. The predicted molar refractivity (Wildman–Crippen MR) is 73.7 cm³/mol. The molecular weight excluding hydrogens is 264 g/mol. The first kappa shape index (κ1) is 13.9. The van der Waals surface area contributed by atoms with Crippen LogP contribution in [0.15, 0.2) is 24.3 Å². The maximum atomic E-state index is 11.7. The number of hydrogen-bond donors (Lipinski definition) is 3. The van der Waals surface area contributed by atoms with Crippen molar-refractivity contribution in [2.24, 2.45) is 0 Å². The molecule has 5 nitrogen and oxygen atoms in total. The quantitative estimate of drug-likeness (QED) is 0.699. The Morgan fingerprint density at radius 1 is 1.26 bits per heavy atom. The van der Waals surface area contributed by atoms with E-state index < -0.39 is 10.2 Å². The third kappa shape index (κ3) is 4.91. The molecule has 0 amide bonds. The Hall–Kier alpha value is -1.55. The van der Waals surface area contributed by atoms with Gasteiger partial charge in [-0.15, -0.1) is 0 Å². The normalized spacial score (nSPS) is 14.6. The number of aliphatic hydroxyl groups is 1. The van der Waals surface area contributed by atoms with Crippen molar-refractivity contribution in [2.75, 3.05) is 11.3 Å². The van der Waals surface area contributed by atoms with Crippen LogP contribution in [-0.4, -0.2) is 26.2 Å². The first-order chi connectivity index (χ1) is 9.09. The fourth-order valence-corrected chi connectivity index (χ4v) is 2.63. The highest BCUT2D eigenvalue weighted by Gasteiger charge is 2.26. The Bertz CT molecular complexity index is 581. The van der Waals surface area contributed by atoms with E-state index in [-0.39, 0.29) is 12.6 Å². The zero-order valence-electron chi connectivity index (χ0n) is 10.4. The van der Waals surface area contributed by atoms with E-state index in [1.165, 1.54) is 0 Å². The number of aliphatic hydroxyl groups excluding tert-OH is 1. The minimum Gasteiger partial charge on any atom is -0.395 e. The van der Waals surface area contributed by atoms with Crippen LogP contribution in [0.3, 0.4) is 0 Å². The molecule has 1 aliphatic carbocycles. The zero-order valence-corrected chi connectivity index (χ0v) is 11.2. The second kappa shape index (κ2) is 6.06. The van der Waals surface area contributed by atoms with Crippen LogP contribution in [0, 0.1) is 11.8 Å². The Balaban J connectivity index is 1.96. The van der Waals surface area contributed by atoms with E-state index in [1.807, 2.05) is 0 Å². The summed E-state index contributed by atoms with van der Waals surface area (Å²) in [5.74, 6) is 5.68. The molecule has 0 unspecified atom stereocenters.